The van der Waals surface area contributed by atoms with Crippen LogP contribution in [-0.4, -0.2) is 33.1 Å². The van der Waals surface area contributed by atoms with Crippen molar-refractivity contribution in [3.63, 3.8) is 0 Å². The van der Waals surface area contributed by atoms with Gasteiger partial charge in [-0.25, -0.2) is 9.59 Å². The second-order valence-corrected chi connectivity index (χ2v) is 5.29. The molecule has 0 unspecified atom stereocenters. The topological polar surface area (TPSA) is 136 Å². The minimum atomic E-state index is -4.73. The van der Waals surface area contributed by atoms with E-state index in [9.17, 15) is 13.2 Å². The van der Waals surface area contributed by atoms with E-state index in [1.807, 2.05) is 6.07 Å². The molecule has 0 radical (unpaired) electrons. The van der Waals surface area contributed by atoms with Crippen molar-refractivity contribution in [2.75, 3.05) is 0 Å². The summed E-state index contributed by atoms with van der Waals surface area (Å²) in [5, 5.41) is 31.1. The van der Waals surface area contributed by atoms with Crippen molar-refractivity contribution in [2.24, 2.45) is 0 Å². The molecule has 0 bridgehead atoms. The minimum absolute atomic E-state index is 0.189. The standard InChI is InChI=1S/C11H8F3N3OS.C2H2O4/c12-11(13,14)18-7-2-3-8-9(6-7)19-10(16)17(8)5-1-4-15;3-1(4)2(5)6/h2-3,6,16H,1,5H2;(H,3,4)(H,5,6). The van der Waals surface area contributed by atoms with Crippen LogP contribution in [-0.2, 0) is 16.1 Å². The van der Waals surface area contributed by atoms with Crippen molar-refractivity contribution in [3.05, 3.63) is 23.0 Å². The molecule has 0 spiro atoms. The van der Waals surface area contributed by atoms with Crippen LogP contribution >= 0.6 is 11.3 Å². The van der Waals surface area contributed by atoms with Crippen LogP contribution < -0.4 is 9.54 Å². The van der Waals surface area contributed by atoms with E-state index in [-0.39, 0.29) is 17.0 Å². The van der Waals surface area contributed by atoms with Gasteiger partial charge in [0.1, 0.15) is 5.75 Å². The fraction of sp³-hybridized carbons (Fsp3) is 0.231. The number of carboxylic acid groups (broad SMARTS) is 2. The normalized spacial score (nSPS) is 10.5. The minimum Gasteiger partial charge on any atom is -0.473 e. The number of ether oxygens (including phenoxy) is 1. The Kier molecular flexibility index (Phi) is 6.52. The Morgan fingerprint density at radius 2 is 1.92 bits per heavy atom. The van der Waals surface area contributed by atoms with E-state index in [2.05, 4.69) is 4.74 Å². The molecular formula is C13H10F3N3O5S. The van der Waals surface area contributed by atoms with Crippen molar-refractivity contribution in [1.29, 1.82) is 10.7 Å². The van der Waals surface area contributed by atoms with Crippen LogP contribution in [0.25, 0.3) is 10.2 Å². The molecule has 25 heavy (non-hydrogen) atoms. The zero-order valence-corrected chi connectivity index (χ0v) is 13.0. The van der Waals surface area contributed by atoms with E-state index in [1.165, 1.54) is 18.2 Å². The lowest BCUT2D eigenvalue weighted by atomic mass is 10.3. The molecule has 0 amide bonds. The highest BCUT2D eigenvalue weighted by Crippen LogP contribution is 2.27. The Bertz CT molecular complexity index is 870. The molecular weight excluding hydrogens is 367 g/mol. The number of hydrogen-bond donors (Lipinski definition) is 3. The first kappa shape index (κ1) is 20.0. The molecule has 0 aliphatic heterocycles. The molecule has 0 aliphatic rings. The maximum absolute atomic E-state index is 12.1. The largest absolute Gasteiger partial charge is 0.573 e. The highest BCUT2D eigenvalue weighted by atomic mass is 32.1. The summed E-state index contributed by atoms with van der Waals surface area (Å²) in [6.07, 6.45) is -4.49. The number of carboxylic acids is 2. The van der Waals surface area contributed by atoms with Gasteiger partial charge in [0.05, 0.1) is 22.7 Å². The van der Waals surface area contributed by atoms with E-state index in [0.29, 0.717) is 16.8 Å². The van der Waals surface area contributed by atoms with Crippen molar-refractivity contribution in [1.82, 2.24) is 4.57 Å². The average Bonchev–Trinajstić information content (AvgIpc) is 2.78. The molecule has 1 aromatic carbocycles. The van der Waals surface area contributed by atoms with Crippen molar-refractivity contribution in [2.45, 2.75) is 19.3 Å². The van der Waals surface area contributed by atoms with E-state index in [4.69, 9.17) is 30.5 Å². The Hall–Kier alpha value is -3.07. The maximum atomic E-state index is 12.1. The predicted molar refractivity (Wildman–Crippen MR) is 77.9 cm³/mol. The zero-order valence-electron chi connectivity index (χ0n) is 12.2. The lowest BCUT2D eigenvalue weighted by molar-refractivity contribution is -0.274. The Labute approximate surface area is 141 Å². The van der Waals surface area contributed by atoms with E-state index < -0.39 is 18.3 Å². The number of fused-ring (bicyclic) bond motifs is 1. The molecule has 2 rings (SSSR count). The van der Waals surface area contributed by atoms with E-state index >= 15 is 0 Å². The summed E-state index contributed by atoms with van der Waals surface area (Å²) in [6, 6.07) is 5.87. The number of rotatable bonds is 3. The predicted octanol–water partition coefficient (Wildman–Crippen LogP) is 2.15. The van der Waals surface area contributed by atoms with Gasteiger partial charge in [0, 0.05) is 6.54 Å². The van der Waals surface area contributed by atoms with Crippen LogP contribution in [0.2, 0.25) is 0 Å². The number of aryl methyl sites for hydroxylation is 1. The summed E-state index contributed by atoms with van der Waals surface area (Å²) in [5.74, 6) is -3.96. The first-order chi connectivity index (χ1) is 11.5. The fourth-order valence-electron chi connectivity index (χ4n) is 1.65. The third-order valence-electron chi connectivity index (χ3n) is 2.54. The fourth-order valence-corrected chi connectivity index (χ4v) is 2.61. The van der Waals surface area contributed by atoms with Gasteiger partial charge in [0.25, 0.3) is 0 Å². The monoisotopic (exact) mass is 377 g/mol. The summed E-state index contributed by atoms with van der Waals surface area (Å²) in [4.78, 5) is 18.4. The molecule has 0 fully saturated rings. The Morgan fingerprint density at radius 1 is 1.32 bits per heavy atom. The molecule has 12 heteroatoms. The molecule has 0 aliphatic carbocycles. The van der Waals surface area contributed by atoms with Crippen LogP contribution in [0.5, 0.6) is 5.75 Å². The highest BCUT2D eigenvalue weighted by Gasteiger charge is 2.31. The molecule has 2 aromatic rings. The van der Waals surface area contributed by atoms with Gasteiger partial charge in [-0.15, -0.1) is 13.2 Å². The van der Waals surface area contributed by atoms with E-state index in [0.717, 1.165) is 11.3 Å². The molecule has 3 N–H and O–H groups in total. The summed E-state index contributed by atoms with van der Waals surface area (Å²) in [6.45, 7) is 0.342. The van der Waals surface area contributed by atoms with Crippen LogP contribution in [0.1, 0.15) is 6.42 Å². The molecule has 0 saturated heterocycles. The maximum Gasteiger partial charge on any atom is 0.573 e. The van der Waals surface area contributed by atoms with Crippen molar-refractivity contribution in [3.8, 4) is 11.8 Å². The van der Waals surface area contributed by atoms with Gasteiger partial charge in [0.15, 0.2) is 4.80 Å². The van der Waals surface area contributed by atoms with Crippen LogP contribution in [0.15, 0.2) is 18.2 Å². The highest BCUT2D eigenvalue weighted by molar-refractivity contribution is 7.16. The first-order valence-corrected chi connectivity index (χ1v) is 7.13. The number of nitrogens with one attached hydrogen (secondary N) is 1. The number of nitrogens with zero attached hydrogens (tertiary/aromatic N) is 2. The molecule has 1 heterocycles. The average molecular weight is 377 g/mol. The van der Waals surface area contributed by atoms with Gasteiger partial charge < -0.3 is 19.5 Å². The van der Waals surface area contributed by atoms with Crippen molar-refractivity contribution >= 4 is 33.5 Å². The van der Waals surface area contributed by atoms with Gasteiger partial charge in [-0.05, 0) is 18.2 Å². The summed E-state index contributed by atoms with van der Waals surface area (Å²) in [5.41, 5.74) is 0.625. The number of benzene rings is 1. The molecule has 1 aromatic heterocycles. The quantitative estimate of drug-likeness (QED) is 0.701. The second-order valence-electron chi connectivity index (χ2n) is 4.25. The van der Waals surface area contributed by atoms with Crippen LogP contribution in [0, 0.1) is 16.7 Å². The number of aromatic nitrogens is 1. The van der Waals surface area contributed by atoms with Gasteiger partial charge >= 0.3 is 18.3 Å². The lowest BCUT2D eigenvalue weighted by Crippen LogP contribution is -2.17. The number of alkyl halides is 3. The Morgan fingerprint density at radius 3 is 2.40 bits per heavy atom. The molecule has 0 saturated carbocycles. The molecule has 0 atom stereocenters. The van der Waals surface area contributed by atoms with Crippen molar-refractivity contribution < 1.29 is 37.7 Å². The van der Waals surface area contributed by atoms with Gasteiger partial charge in [-0.3, -0.25) is 5.41 Å². The third kappa shape index (κ3) is 6.15. The number of thiazole rings is 1. The lowest BCUT2D eigenvalue weighted by Gasteiger charge is -2.08. The van der Waals surface area contributed by atoms with Crippen LogP contribution in [0.4, 0.5) is 13.2 Å². The SMILES string of the molecule is N#CCCn1c(=N)sc2cc(OC(F)(F)F)ccc21.O=C(O)C(=O)O. The summed E-state index contributed by atoms with van der Waals surface area (Å²) in [7, 11) is 0. The summed E-state index contributed by atoms with van der Waals surface area (Å²) >= 11 is 1.04. The first-order valence-electron chi connectivity index (χ1n) is 6.32. The van der Waals surface area contributed by atoms with Crippen LogP contribution in [0.3, 0.4) is 0 Å². The molecule has 8 nitrogen and oxygen atoms in total. The smallest absolute Gasteiger partial charge is 0.473 e. The Balaban J connectivity index is 0.000000450. The number of halogens is 3. The summed E-state index contributed by atoms with van der Waals surface area (Å²) < 4.78 is 42.2. The number of carbonyl (C=O) groups is 2. The zero-order chi connectivity index (χ0) is 19.2. The van der Waals surface area contributed by atoms with Gasteiger partial charge in [-0.1, -0.05) is 11.3 Å². The van der Waals surface area contributed by atoms with Gasteiger partial charge in [-0.2, -0.15) is 5.26 Å². The second kappa shape index (κ2) is 8.15. The number of hydrogen-bond acceptors (Lipinski definition) is 6. The third-order valence-corrected chi connectivity index (χ3v) is 3.50. The molecule has 134 valence electrons. The number of aliphatic carboxylic acids is 2. The van der Waals surface area contributed by atoms with Gasteiger partial charge in [0.2, 0.25) is 0 Å². The number of nitriles is 1. The van der Waals surface area contributed by atoms with E-state index in [1.54, 1.807) is 4.57 Å².